The Morgan fingerprint density at radius 2 is 1.86 bits per heavy atom. The Bertz CT molecular complexity index is 1200. The van der Waals surface area contributed by atoms with Crippen LogP contribution in [0.15, 0.2) is 37.2 Å². The van der Waals surface area contributed by atoms with Crippen LogP contribution in [0.1, 0.15) is 23.0 Å². The Balaban J connectivity index is 1.79. The van der Waals surface area contributed by atoms with Crippen molar-refractivity contribution in [1.29, 1.82) is 0 Å². The molecule has 0 spiro atoms. The molecule has 10 nitrogen and oxygen atoms in total. The number of carbonyl (C=O) groups is 1. The highest BCUT2D eigenvalue weighted by atomic mass is 35.5. The number of fused-ring (bicyclic) bond motifs is 1. The van der Waals surface area contributed by atoms with E-state index in [9.17, 15) is 4.79 Å². The molecule has 0 amide bonds. The summed E-state index contributed by atoms with van der Waals surface area (Å²) in [6.07, 6.45) is 7.53. The topological polar surface area (TPSA) is 136 Å². The van der Waals surface area contributed by atoms with Gasteiger partial charge in [0.2, 0.25) is 5.88 Å². The molecule has 0 aliphatic rings. The Labute approximate surface area is 168 Å². The Morgan fingerprint density at radius 3 is 2.59 bits per heavy atom. The summed E-state index contributed by atoms with van der Waals surface area (Å²) >= 11 is 6.46. The van der Waals surface area contributed by atoms with Crippen molar-refractivity contribution in [2.45, 2.75) is 13.3 Å². The van der Waals surface area contributed by atoms with Gasteiger partial charge in [-0.15, -0.1) is 0 Å². The minimum absolute atomic E-state index is 0.0299. The lowest BCUT2D eigenvalue weighted by molar-refractivity contribution is 0.0696. The molecule has 2 N–H and O–H groups in total. The second kappa shape index (κ2) is 7.68. The number of nitrogens with one attached hydrogen (secondary N) is 1. The molecule has 146 valence electrons. The molecule has 0 radical (unpaired) electrons. The maximum Gasteiger partial charge on any atom is 0.337 e. The van der Waals surface area contributed by atoms with E-state index < -0.39 is 5.97 Å². The number of ether oxygens (including phenoxy) is 2. The number of pyridine rings is 1. The summed E-state index contributed by atoms with van der Waals surface area (Å²) < 4.78 is 11.4. The Hall–Kier alpha value is -3.79. The van der Waals surface area contributed by atoms with E-state index in [1.807, 2.05) is 6.92 Å². The zero-order valence-corrected chi connectivity index (χ0v) is 15.7. The fraction of sp³-hybridized carbons (Fsp3) is 0.111. The summed E-state index contributed by atoms with van der Waals surface area (Å²) in [5.74, 6) is -0.478. The van der Waals surface area contributed by atoms with Gasteiger partial charge in [0, 0.05) is 11.9 Å². The number of rotatable bonds is 6. The van der Waals surface area contributed by atoms with E-state index in [0.717, 1.165) is 5.69 Å². The zero-order chi connectivity index (χ0) is 20.4. The lowest BCUT2D eigenvalue weighted by Crippen LogP contribution is -2.00. The van der Waals surface area contributed by atoms with Gasteiger partial charge in [0.05, 0.1) is 29.2 Å². The molecule has 0 saturated heterocycles. The monoisotopic (exact) mass is 412 g/mol. The summed E-state index contributed by atoms with van der Waals surface area (Å²) in [6, 6.07) is 1.24. The number of carboxylic acids is 1. The highest BCUT2D eigenvalue weighted by Crippen LogP contribution is 2.36. The van der Waals surface area contributed by atoms with Crippen LogP contribution >= 0.6 is 11.6 Å². The van der Waals surface area contributed by atoms with Crippen LogP contribution in [0.25, 0.3) is 11.0 Å². The van der Waals surface area contributed by atoms with Gasteiger partial charge in [-0.25, -0.2) is 14.8 Å². The van der Waals surface area contributed by atoms with Crippen LogP contribution < -0.4 is 9.47 Å². The maximum atomic E-state index is 11.1. The third-order valence-corrected chi connectivity index (χ3v) is 4.30. The van der Waals surface area contributed by atoms with Crippen molar-refractivity contribution in [3.8, 4) is 23.4 Å². The zero-order valence-electron chi connectivity index (χ0n) is 15.0. The fourth-order valence-electron chi connectivity index (χ4n) is 2.57. The quantitative estimate of drug-likeness (QED) is 0.486. The van der Waals surface area contributed by atoms with E-state index in [0.29, 0.717) is 28.2 Å². The number of aromatic carboxylic acids is 1. The number of H-pyrrole nitrogens is 1. The van der Waals surface area contributed by atoms with Gasteiger partial charge in [-0.05, 0) is 12.5 Å². The first-order valence-electron chi connectivity index (χ1n) is 8.42. The van der Waals surface area contributed by atoms with Crippen molar-refractivity contribution in [2.24, 2.45) is 0 Å². The van der Waals surface area contributed by atoms with Gasteiger partial charge in [0.1, 0.15) is 23.1 Å². The van der Waals surface area contributed by atoms with Crippen LogP contribution in [0, 0.1) is 0 Å². The normalized spacial score (nSPS) is 10.8. The lowest BCUT2D eigenvalue weighted by atomic mass is 10.3. The van der Waals surface area contributed by atoms with Gasteiger partial charge >= 0.3 is 12.0 Å². The summed E-state index contributed by atoms with van der Waals surface area (Å²) in [4.78, 5) is 34.5. The number of hydrogen-bond donors (Lipinski definition) is 2. The highest BCUT2D eigenvalue weighted by molar-refractivity contribution is 6.36. The van der Waals surface area contributed by atoms with Gasteiger partial charge in [-0.3, -0.25) is 4.98 Å². The van der Waals surface area contributed by atoms with Crippen LogP contribution in [0.5, 0.6) is 23.4 Å². The predicted octanol–water partition coefficient (Wildman–Crippen LogP) is 3.64. The number of aryl methyl sites for hydroxylation is 1. The Morgan fingerprint density at radius 1 is 1.10 bits per heavy atom. The largest absolute Gasteiger partial charge is 0.478 e. The first-order chi connectivity index (χ1) is 14.0. The molecular formula is C18H13ClN6O4. The number of hydrogen-bond acceptors (Lipinski definition) is 8. The van der Waals surface area contributed by atoms with Crippen molar-refractivity contribution in [3.63, 3.8) is 0 Å². The van der Waals surface area contributed by atoms with E-state index in [1.54, 1.807) is 0 Å². The molecule has 0 bridgehead atoms. The molecule has 4 heterocycles. The molecule has 0 aromatic carbocycles. The molecule has 4 aromatic rings. The third-order valence-electron chi connectivity index (χ3n) is 3.88. The average molecular weight is 413 g/mol. The van der Waals surface area contributed by atoms with Crippen molar-refractivity contribution in [2.75, 3.05) is 0 Å². The van der Waals surface area contributed by atoms with E-state index in [1.165, 1.54) is 37.2 Å². The molecule has 0 saturated carbocycles. The summed E-state index contributed by atoms with van der Waals surface area (Å²) in [7, 11) is 0. The first kappa shape index (κ1) is 18.6. The molecule has 11 heteroatoms. The third kappa shape index (κ3) is 3.78. The Kier molecular flexibility index (Phi) is 4.92. The second-order valence-electron chi connectivity index (χ2n) is 5.80. The maximum absolute atomic E-state index is 11.1. The van der Waals surface area contributed by atoms with Crippen LogP contribution in [0.3, 0.4) is 0 Å². The minimum Gasteiger partial charge on any atom is -0.478 e. The molecule has 0 fully saturated rings. The molecule has 4 aromatic heterocycles. The van der Waals surface area contributed by atoms with E-state index in [2.05, 4.69) is 29.9 Å². The number of aromatic nitrogens is 6. The summed E-state index contributed by atoms with van der Waals surface area (Å²) in [5, 5.41) is 10.0. The highest BCUT2D eigenvalue weighted by Gasteiger charge is 2.20. The van der Waals surface area contributed by atoms with Crippen molar-refractivity contribution in [3.05, 3.63) is 53.5 Å². The summed E-state index contributed by atoms with van der Waals surface area (Å²) in [5.41, 5.74) is 1.14. The molecule has 29 heavy (non-hydrogen) atoms. The van der Waals surface area contributed by atoms with Crippen LogP contribution in [-0.2, 0) is 6.42 Å². The molecular weight excluding hydrogens is 400 g/mol. The van der Waals surface area contributed by atoms with E-state index in [-0.39, 0.29) is 23.2 Å². The van der Waals surface area contributed by atoms with E-state index in [4.69, 9.17) is 26.2 Å². The number of nitrogens with zero attached hydrogens (tertiary/aromatic N) is 5. The minimum atomic E-state index is -1.13. The number of halogens is 1. The van der Waals surface area contributed by atoms with Gasteiger partial charge in [-0.2, -0.15) is 9.97 Å². The lowest BCUT2D eigenvalue weighted by Gasteiger charge is -2.08. The van der Waals surface area contributed by atoms with Gasteiger partial charge in [0.25, 0.3) is 0 Å². The van der Waals surface area contributed by atoms with Crippen LogP contribution in [0.4, 0.5) is 0 Å². The van der Waals surface area contributed by atoms with Gasteiger partial charge < -0.3 is 19.6 Å². The first-order valence-corrected chi connectivity index (χ1v) is 8.80. The van der Waals surface area contributed by atoms with Crippen LogP contribution in [-0.4, -0.2) is 41.0 Å². The number of aromatic amines is 1. The van der Waals surface area contributed by atoms with Gasteiger partial charge in [0.15, 0.2) is 5.75 Å². The predicted molar refractivity (Wildman–Crippen MR) is 102 cm³/mol. The smallest absolute Gasteiger partial charge is 0.337 e. The average Bonchev–Trinajstić information content (AvgIpc) is 3.05. The fourth-order valence-corrected chi connectivity index (χ4v) is 2.92. The number of carboxylic acid groups (broad SMARTS) is 1. The second-order valence-corrected chi connectivity index (χ2v) is 6.18. The molecule has 0 aliphatic carbocycles. The van der Waals surface area contributed by atoms with Crippen molar-refractivity contribution < 1.29 is 19.4 Å². The van der Waals surface area contributed by atoms with Crippen molar-refractivity contribution in [1.82, 2.24) is 29.9 Å². The molecule has 0 atom stereocenters. The molecule has 4 rings (SSSR count). The standard InChI is InChI=1S/C18H13ClN6O4/c1-2-12-14(19)13-15(23-12)24-18(25-16(13)28-11-6-21-8-22-7-11)29-10-3-9(17(26)27)4-20-5-10/h3-8H,2H2,1H3,(H,26,27)(H,23,24,25). The van der Waals surface area contributed by atoms with E-state index >= 15 is 0 Å². The summed E-state index contributed by atoms with van der Waals surface area (Å²) in [6.45, 7) is 1.94. The van der Waals surface area contributed by atoms with Gasteiger partial charge in [-0.1, -0.05) is 18.5 Å². The SMILES string of the molecule is CCc1[nH]c2nc(Oc3cncc(C(=O)O)c3)nc(Oc3cncnc3)c2c1Cl. The van der Waals surface area contributed by atoms with Crippen molar-refractivity contribution >= 4 is 28.6 Å². The molecule has 0 aliphatic heterocycles. The van der Waals surface area contributed by atoms with Crippen LogP contribution in [0.2, 0.25) is 5.02 Å². The molecule has 0 unspecified atom stereocenters.